The minimum atomic E-state index is 0.0408. The van der Waals surface area contributed by atoms with Crippen LogP contribution < -0.4 is 11.1 Å². The molecule has 0 bridgehead atoms. The number of carbonyl (C=O) groups excluding carboxylic acids is 1. The lowest BCUT2D eigenvalue weighted by Crippen LogP contribution is -2.22. The molecule has 0 fully saturated rings. The maximum atomic E-state index is 11.8. The predicted molar refractivity (Wildman–Crippen MR) is 71.3 cm³/mol. The Balaban J connectivity index is 2.76. The first-order chi connectivity index (χ1) is 7.58. The fraction of sp³-hybridized carbons (Fsp3) is 0.417. The number of anilines is 2. The summed E-state index contributed by atoms with van der Waals surface area (Å²) in [7, 11) is 0. The fourth-order valence-corrected chi connectivity index (χ4v) is 1.92. The summed E-state index contributed by atoms with van der Waals surface area (Å²) in [5, 5.41) is 2.85. The summed E-state index contributed by atoms with van der Waals surface area (Å²) in [6.45, 7) is 4.03. The summed E-state index contributed by atoms with van der Waals surface area (Å²) >= 11 is 3.33. The molecule has 0 aliphatic carbocycles. The Morgan fingerprint density at radius 1 is 1.44 bits per heavy atom. The van der Waals surface area contributed by atoms with Crippen LogP contribution in [0.25, 0.3) is 0 Å². The van der Waals surface area contributed by atoms with Crippen LogP contribution in [-0.4, -0.2) is 5.91 Å². The number of amides is 1. The lowest BCUT2D eigenvalue weighted by atomic mass is 10.0. The Morgan fingerprint density at radius 3 is 2.56 bits per heavy atom. The summed E-state index contributed by atoms with van der Waals surface area (Å²) in [6, 6.07) is 5.45. The van der Waals surface area contributed by atoms with Crippen molar-refractivity contribution in [2.24, 2.45) is 5.92 Å². The maximum Gasteiger partial charge on any atom is 0.227 e. The van der Waals surface area contributed by atoms with Crippen molar-refractivity contribution in [2.75, 3.05) is 11.1 Å². The SMILES string of the molecule is CCC(CC)C(=O)Nc1ccc(Br)cc1N. The standard InChI is InChI=1S/C12H17BrN2O/c1-3-8(4-2)12(16)15-11-6-5-9(13)7-10(11)14/h5-8H,3-4,14H2,1-2H3,(H,15,16). The van der Waals surface area contributed by atoms with Crippen LogP contribution in [-0.2, 0) is 4.79 Å². The molecule has 0 unspecified atom stereocenters. The number of nitrogens with one attached hydrogen (secondary N) is 1. The van der Waals surface area contributed by atoms with E-state index in [9.17, 15) is 4.79 Å². The van der Waals surface area contributed by atoms with Gasteiger partial charge in [0.25, 0.3) is 0 Å². The molecule has 3 nitrogen and oxygen atoms in total. The zero-order valence-electron chi connectivity index (χ0n) is 9.59. The van der Waals surface area contributed by atoms with Gasteiger partial charge in [-0.15, -0.1) is 0 Å². The van der Waals surface area contributed by atoms with Crippen molar-refractivity contribution in [3.05, 3.63) is 22.7 Å². The third kappa shape index (κ3) is 3.23. The molecule has 16 heavy (non-hydrogen) atoms. The minimum Gasteiger partial charge on any atom is -0.397 e. The Bertz CT molecular complexity index is 375. The van der Waals surface area contributed by atoms with Crippen molar-refractivity contribution in [2.45, 2.75) is 26.7 Å². The number of hydrogen-bond donors (Lipinski definition) is 2. The Morgan fingerprint density at radius 2 is 2.06 bits per heavy atom. The third-order valence-corrected chi connectivity index (χ3v) is 3.12. The first-order valence-corrected chi connectivity index (χ1v) is 6.23. The monoisotopic (exact) mass is 284 g/mol. The fourth-order valence-electron chi connectivity index (χ4n) is 1.54. The molecule has 0 heterocycles. The average Bonchev–Trinajstić information content (AvgIpc) is 2.24. The molecule has 0 aromatic heterocycles. The van der Waals surface area contributed by atoms with Gasteiger partial charge < -0.3 is 11.1 Å². The molecular formula is C12H17BrN2O. The highest BCUT2D eigenvalue weighted by molar-refractivity contribution is 9.10. The third-order valence-electron chi connectivity index (χ3n) is 2.63. The number of nitrogen functional groups attached to an aromatic ring is 1. The first-order valence-electron chi connectivity index (χ1n) is 5.44. The number of carbonyl (C=O) groups is 1. The van der Waals surface area contributed by atoms with E-state index in [4.69, 9.17) is 5.73 Å². The van der Waals surface area contributed by atoms with Gasteiger partial charge in [0.1, 0.15) is 0 Å². The molecule has 0 aliphatic heterocycles. The summed E-state index contributed by atoms with van der Waals surface area (Å²) in [6.07, 6.45) is 1.69. The second-order valence-electron chi connectivity index (χ2n) is 3.73. The van der Waals surface area contributed by atoms with Gasteiger partial charge in [0.05, 0.1) is 11.4 Å². The molecule has 0 radical (unpaired) electrons. The first kappa shape index (κ1) is 13.0. The topological polar surface area (TPSA) is 55.1 Å². The molecule has 0 atom stereocenters. The number of nitrogens with two attached hydrogens (primary N) is 1. The summed E-state index contributed by atoms with van der Waals surface area (Å²) in [5.41, 5.74) is 7.07. The van der Waals surface area contributed by atoms with E-state index < -0.39 is 0 Å². The summed E-state index contributed by atoms with van der Waals surface area (Å²) < 4.78 is 0.908. The molecular weight excluding hydrogens is 268 g/mol. The van der Waals surface area contributed by atoms with Crippen molar-refractivity contribution >= 4 is 33.2 Å². The average molecular weight is 285 g/mol. The highest BCUT2D eigenvalue weighted by Crippen LogP contribution is 2.24. The van der Waals surface area contributed by atoms with Crippen molar-refractivity contribution in [3.8, 4) is 0 Å². The normalized spacial score (nSPS) is 10.5. The highest BCUT2D eigenvalue weighted by Gasteiger charge is 2.14. The molecule has 1 aromatic rings. The number of benzene rings is 1. The molecule has 1 rings (SSSR count). The summed E-state index contributed by atoms with van der Waals surface area (Å²) in [5.74, 6) is 0.0991. The van der Waals surface area contributed by atoms with Crippen LogP contribution in [0.1, 0.15) is 26.7 Å². The van der Waals surface area contributed by atoms with Crippen LogP contribution in [0, 0.1) is 5.92 Å². The molecule has 1 amide bonds. The molecule has 0 saturated carbocycles. The van der Waals surface area contributed by atoms with Gasteiger partial charge in [-0.2, -0.15) is 0 Å². The van der Waals surface area contributed by atoms with Crippen molar-refractivity contribution < 1.29 is 4.79 Å². The molecule has 0 spiro atoms. The smallest absolute Gasteiger partial charge is 0.227 e. The number of hydrogen-bond acceptors (Lipinski definition) is 2. The van der Waals surface area contributed by atoms with E-state index in [1.54, 1.807) is 12.1 Å². The van der Waals surface area contributed by atoms with Crippen LogP contribution in [0.15, 0.2) is 22.7 Å². The van der Waals surface area contributed by atoms with Crippen LogP contribution in [0.5, 0.6) is 0 Å². The molecule has 4 heteroatoms. The zero-order valence-corrected chi connectivity index (χ0v) is 11.2. The van der Waals surface area contributed by atoms with Crippen LogP contribution >= 0.6 is 15.9 Å². The second-order valence-corrected chi connectivity index (χ2v) is 4.65. The second kappa shape index (κ2) is 5.89. The van der Waals surface area contributed by atoms with Gasteiger partial charge in [0.15, 0.2) is 0 Å². The lowest BCUT2D eigenvalue weighted by molar-refractivity contribution is -0.120. The lowest BCUT2D eigenvalue weighted by Gasteiger charge is -2.14. The maximum absolute atomic E-state index is 11.8. The zero-order chi connectivity index (χ0) is 12.1. The van der Waals surface area contributed by atoms with Crippen LogP contribution in [0.4, 0.5) is 11.4 Å². The van der Waals surface area contributed by atoms with E-state index in [-0.39, 0.29) is 11.8 Å². The van der Waals surface area contributed by atoms with Crippen LogP contribution in [0.2, 0.25) is 0 Å². The largest absolute Gasteiger partial charge is 0.397 e. The van der Waals surface area contributed by atoms with E-state index in [0.717, 1.165) is 17.3 Å². The number of halogens is 1. The van der Waals surface area contributed by atoms with Gasteiger partial charge in [-0.3, -0.25) is 4.79 Å². The van der Waals surface area contributed by atoms with E-state index in [1.165, 1.54) is 0 Å². The van der Waals surface area contributed by atoms with Crippen molar-refractivity contribution in [3.63, 3.8) is 0 Å². The van der Waals surface area contributed by atoms with E-state index in [1.807, 2.05) is 19.9 Å². The number of rotatable bonds is 4. The van der Waals surface area contributed by atoms with E-state index in [2.05, 4.69) is 21.2 Å². The van der Waals surface area contributed by atoms with Gasteiger partial charge in [-0.1, -0.05) is 29.8 Å². The quantitative estimate of drug-likeness (QED) is 0.833. The molecule has 0 aliphatic rings. The van der Waals surface area contributed by atoms with Crippen molar-refractivity contribution in [1.82, 2.24) is 0 Å². The van der Waals surface area contributed by atoms with Gasteiger partial charge in [0.2, 0.25) is 5.91 Å². The van der Waals surface area contributed by atoms with Gasteiger partial charge in [-0.25, -0.2) is 0 Å². The van der Waals surface area contributed by atoms with Crippen molar-refractivity contribution in [1.29, 1.82) is 0 Å². The Labute approximate surface area is 105 Å². The molecule has 88 valence electrons. The van der Waals surface area contributed by atoms with E-state index in [0.29, 0.717) is 11.4 Å². The minimum absolute atomic E-state index is 0.0408. The van der Waals surface area contributed by atoms with Gasteiger partial charge in [0, 0.05) is 10.4 Å². The van der Waals surface area contributed by atoms with Gasteiger partial charge >= 0.3 is 0 Å². The predicted octanol–water partition coefficient (Wildman–Crippen LogP) is 3.41. The molecule has 3 N–H and O–H groups in total. The highest BCUT2D eigenvalue weighted by atomic mass is 79.9. The molecule has 0 saturated heterocycles. The van der Waals surface area contributed by atoms with E-state index >= 15 is 0 Å². The van der Waals surface area contributed by atoms with Crippen LogP contribution in [0.3, 0.4) is 0 Å². The summed E-state index contributed by atoms with van der Waals surface area (Å²) in [4.78, 5) is 11.8. The Kier molecular flexibility index (Phi) is 4.80. The molecule has 1 aromatic carbocycles. The van der Waals surface area contributed by atoms with Gasteiger partial charge in [-0.05, 0) is 31.0 Å². The Hall–Kier alpha value is -1.03.